The highest BCUT2D eigenvalue weighted by Gasteiger charge is 2.22. The number of nitrogens with zero attached hydrogens (tertiary/aromatic N) is 1. The highest BCUT2D eigenvalue weighted by Crippen LogP contribution is 2.30. The summed E-state index contributed by atoms with van der Waals surface area (Å²) in [5.74, 6) is 0.975. The van der Waals surface area contributed by atoms with Crippen LogP contribution in [0.5, 0.6) is 0 Å². The average Bonchev–Trinajstić information content (AvgIpc) is 2.93. The normalized spacial score (nSPS) is 16.2. The lowest BCUT2D eigenvalue weighted by molar-refractivity contribution is 0.312. The second kappa shape index (κ2) is 4.45. The van der Waals surface area contributed by atoms with Crippen molar-refractivity contribution < 1.29 is 0 Å². The molecule has 1 aliphatic rings. The Hall–Kier alpha value is -0.340. The van der Waals surface area contributed by atoms with Gasteiger partial charge in [0.1, 0.15) is 0 Å². The highest BCUT2D eigenvalue weighted by molar-refractivity contribution is 9.10. The minimum absolute atomic E-state index is 0.975. The summed E-state index contributed by atoms with van der Waals surface area (Å²) >= 11 is 3.58. The molecule has 0 radical (unpaired) electrons. The van der Waals surface area contributed by atoms with Gasteiger partial charge in [-0.1, -0.05) is 34.1 Å². The Labute approximate surface area is 94.2 Å². The summed E-state index contributed by atoms with van der Waals surface area (Å²) in [5, 5.41) is 0. The van der Waals surface area contributed by atoms with Crippen molar-refractivity contribution >= 4 is 15.9 Å². The fourth-order valence-electron chi connectivity index (χ4n) is 1.72. The molecule has 76 valence electrons. The van der Waals surface area contributed by atoms with Crippen LogP contribution in [0.4, 0.5) is 0 Å². The van der Waals surface area contributed by atoms with Gasteiger partial charge < -0.3 is 4.90 Å². The molecule has 2 heteroatoms. The fraction of sp³-hybridized carbons (Fsp3) is 0.500. The van der Waals surface area contributed by atoms with Crippen LogP contribution < -0.4 is 0 Å². The van der Waals surface area contributed by atoms with Crippen molar-refractivity contribution in [1.29, 1.82) is 0 Å². The van der Waals surface area contributed by atoms with Gasteiger partial charge in [-0.2, -0.15) is 0 Å². The van der Waals surface area contributed by atoms with E-state index in [4.69, 9.17) is 0 Å². The van der Waals surface area contributed by atoms with E-state index in [9.17, 15) is 0 Å². The maximum absolute atomic E-state index is 3.58. The van der Waals surface area contributed by atoms with E-state index in [0.29, 0.717) is 0 Å². The zero-order valence-corrected chi connectivity index (χ0v) is 10.1. The van der Waals surface area contributed by atoms with Crippen LogP contribution in [0, 0.1) is 5.92 Å². The highest BCUT2D eigenvalue weighted by atomic mass is 79.9. The van der Waals surface area contributed by atoms with E-state index in [1.54, 1.807) is 0 Å². The van der Waals surface area contributed by atoms with Crippen LogP contribution in [-0.2, 0) is 6.54 Å². The molecular weight excluding hydrogens is 238 g/mol. The molecule has 0 aromatic heterocycles. The van der Waals surface area contributed by atoms with Crippen molar-refractivity contribution in [3.63, 3.8) is 0 Å². The molecule has 0 amide bonds. The lowest BCUT2D eigenvalue weighted by Gasteiger charge is -2.16. The van der Waals surface area contributed by atoms with E-state index < -0.39 is 0 Å². The topological polar surface area (TPSA) is 3.24 Å². The second-order valence-electron chi connectivity index (χ2n) is 4.23. The van der Waals surface area contributed by atoms with Crippen molar-refractivity contribution in [3.8, 4) is 0 Å². The first-order valence-corrected chi connectivity index (χ1v) is 5.97. The number of hydrogen-bond acceptors (Lipinski definition) is 1. The summed E-state index contributed by atoms with van der Waals surface area (Å²) < 4.78 is 1.22. The second-order valence-corrected chi connectivity index (χ2v) is 5.09. The van der Waals surface area contributed by atoms with Gasteiger partial charge in [-0.3, -0.25) is 0 Å². The molecule has 0 unspecified atom stereocenters. The molecule has 0 bridgehead atoms. The molecule has 1 aliphatic carbocycles. The van der Waals surface area contributed by atoms with Crippen molar-refractivity contribution in [2.75, 3.05) is 13.6 Å². The number of hydrogen-bond donors (Lipinski definition) is 0. The molecule has 1 nitrogen and oxygen atoms in total. The Morgan fingerprint density at radius 3 is 2.71 bits per heavy atom. The average molecular weight is 254 g/mol. The van der Waals surface area contributed by atoms with Crippen LogP contribution >= 0.6 is 15.9 Å². The maximum Gasteiger partial charge on any atom is 0.0242 e. The molecule has 14 heavy (non-hydrogen) atoms. The third-order valence-corrected chi connectivity index (χ3v) is 3.44. The fourth-order valence-corrected chi connectivity index (χ4v) is 2.13. The maximum atomic E-state index is 3.58. The summed E-state index contributed by atoms with van der Waals surface area (Å²) in [6.07, 6.45) is 2.86. The van der Waals surface area contributed by atoms with Crippen molar-refractivity contribution in [3.05, 3.63) is 34.3 Å². The third-order valence-electron chi connectivity index (χ3n) is 2.66. The van der Waals surface area contributed by atoms with E-state index in [1.807, 2.05) is 0 Å². The molecule has 0 spiro atoms. The molecular formula is C12H16BrN. The molecule has 2 rings (SSSR count). The Bertz CT molecular complexity index is 307. The first-order chi connectivity index (χ1) is 6.75. The van der Waals surface area contributed by atoms with Crippen molar-refractivity contribution in [1.82, 2.24) is 4.90 Å². The standard InChI is InChI=1S/C12H16BrN/c1-14(8-10-6-7-10)9-11-4-2-3-5-12(11)13/h2-5,10H,6-9H2,1H3. The lowest BCUT2D eigenvalue weighted by atomic mass is 10.2. The molecule has 1 aromatic carbocycles. The van der Waals surface area contributed by atoms with Gasteiger partial charge in [0.25, 0.3) is 0 Å². The van der Waals surface area contributed by atoms with Gasteiger partial charge in [0.05, 0.1) is 0 Å². The summed E-state index contributed by atoms with van der Waals surface area (Å²) in [4.78, 5) is 2.41. The Balaban J connectivity index is 1.91. The zero-order chi connectivity index (χ0) is 9.97. The van der Waals surface area contributed by atoms with Crippen molar-refractivity contribution in [2.24, 2.45) is 5.92 Å². The first kappa shape index (κ1) is 10.2. The molecule has 1 aromatic rings. The van der Waals surface area contributed by atoms with Crippen LogP contribution in [0.15, 0.2) is 28.7 Å². The molecule has 0 N–H and O–H groups in total. The first-order valence-electron chi connectivity index (χ1n) is 5.17. The van der Waals surface area contributed by atoms with Gasteiger partial charge in [0.15, 0.2) is 0 Å². The van der Waals surface area contributed by atoms with Crippen molar-refractivity contribution in [2.45, 2.75) is 19.4 Å². The molecule has 0 heterocycles. The van der Waals surface area contributed by atoms with Gasteiger partial charge >= 0.3 is 0 Å². The predicted octanol–water partition coefficient (Wildman–Crippen LogP) is 3.29. The third kappa shape index (κ3) is 2.82. The van der Waals surface area contributed by atoms with Crippen LogP contribution in [0.2, 0.25) is 0 Å². The quantitative estimate of drug-likeness (QED) is 0.796. The molecule has 1 fully saturated rings. The van der Waals surface area contributed by atoms with E-state index in [-0.39, 0.29) is 0 Å². The van der Waals surface area contributed by atoms with E-state index in [0.717, 1.165) is 12.5 Å². The van der Waals surface area contributed by atoms with Gasteiger partial charge in [0, 0.05) is 17.6 Å². The predicted molar refractivity (Wildman–Crippen MR) is 63.2 cm³/mol. The molecule has 0 atom stereocenters. The van der Waals surface area contributed by atoms with Gasteiger partial charge in [0.2, 0.25) is 0 Å². The molecule has 1 saturated carbocycles. The Morgan fingerprint density at radius 2 is 2.07 bits per heavy atom. The minimum atomic E-state index is 0.975. The van der Waals surface area contributed by atoms with Crippen LogP contribution in [0.1, 0.15) is 18.4 Å². The zero-order valence-electron chi connectivity index (χ0n) is 8.54. The van der Waals surface area contributed by atoms with E-state index in [2.05, 4.69) is 52.1 Å². The number of halogens is 1. The summed E-state index contributed by atoms with van der Waals surface area (Å²) in [5.41, 5.74) is 1.38. The Kier molecular flexibility index (Phi) is 3.24. The van der Waals surface area contributed by atoms with E-state index >= 15 is 0 Å². The Morgan fingerprint density at radius 1 is 1.36 bits per heavy atom. The summed E-state index contributed by atoms with van der Waals surface area (Å²) in [7, 11) is 2.21. The van der Waals surface area contributed by atoms with Crippen LogP contribution in [0.3, 0.4) is 0 Å². The monoisotopic (exact) mass is 253 g/mol. The number of benzene rings is 1. The van der Waals surface area contributed by atoms with Gasteiger partial charge in [-0.25, -0.2) is 0 Å². The minimum Gasteiger partial charge on any atom is -0.302 e. The van der Waals surface area contributed by atoms with Gasteiger partial charge in [-0.15, -0.1) is 0 Å². The summed E-state index contributed by atoms with van der Waals surface area (Å²) in [6, 6.07) is 8.47. The van der Waals surface area contributed by atoms with E-state index in [1.165, 1.54) is 29.4 Å². The lowest BCUT2D eigenvalue weighted by Crippen LogP contribution is -2.20. The largest absolute Gasteiger partial charge is 0.302 e. The van der Waals surface area contributed by atoms with Gasteiger partial charge in [-0.05, 0) is 37.4 Å². The molecule has 0 aliphatic heterocycles. The van der Waals surface area contributed by atoms with Crippen LogP contribution in [-0.4, -0.2) is 18.5 Å². The number of rotatable bonds is 4. The summed E-state index contributed by atoms with van der Waals surface area (Å²) in [6.45, 7) is 2.30. The molecule has 0 saturated heterocycles. The SMILES string of the molecule is CN(Cc1ccccc1Br)CC1CC1. The smallest absolute Gasteiger partial charge is 0.0242 e. The van der Waals surface area contributed by atoms with Crippen LogP contribution in [0.25, 0.3) is 0 Å².